The SMILES string of the molecule is COc1ccc(C2/C(=C(\O)c3ccc(F)cc3)C(=O)C(=O)N2CC2CCCO2)cc1. The molecule has 2 unspecified atom stereocenters. The summed E-state index contributed by atoms with van der Waals surface area (Å²) in [5.74, 6) is -1.61. The summed E-state index contributed by atoms with van der Waals surface area (Å²) in [6.45, 7) is 0.874. The van der Waals surface area contributed by atoms with Crippen molar-refractivity contribution in [3.05, 3.63) is 71.0 Å². The van der Waals surface area contributed by atoms with Crippen LogP contribution in [0.3, 0.4) is 0 Å². The van der Waals surface area contributed by atoms with Crippen LogP contribution in [0.25, 0.3) is 5.76 Å². The predicted octanol–water partition coefficient (Wildman–Crippen LogP) is 3.44. The smallest absolute Gasteiger partial charge is 0.295 e. The Morgan fingerprint density at radius 3 is 2.47 bits per heavy atom. The van der Waals surface area contributed by atoms with Crippen LogP contribution in [0, 0.1) is 5.82 Å². The molecule has 2 saturated heterocycles. The number of nitrogens with zero attached hydrogens (tertiary/aromatic N) is 1. The van der Waals surface area contributed by atoms with Crippen LogP contribution in [-0.2, 0) is 14.3 Å². The zero-order valence-corrected chi connectivity index (χ0v) is 16.5. The van der Waals surface area contributed by atoms with E-state index in [0.717, 1.165) is 12.8 Å². The number of likely N-dealkylation sites (tertiary alicyclic amines) is 1. The van der Waals surface area contributed by atoms with Crippen LogP contribution in [0.15, 0.2) is 54.1 Å². The van der Waals surface area contributed by atoms with E-state index >= 15 is 0 Å². The van der Waals surface area contributed by atoms with Crippen LogP contribution in [0.1, 0.15) is 30.0 Å². The predicted molar refractivity (Wildman–Crippen MR) is 107 cm³/mol. The van der Waals surface area contributed by atoms with E-state index in [1.807, 2.05) is 0 Å². The van der Waals surface area contributed by atoms with E-state index in [-0.39, 0.29) is 29.5 Å². The van der Waals surface area contributed by atoms with Gasteiger partial charge in [0, 0.05) is 18.7 Å². The lowest BCUT2D eigenvalue weighted by molar-refractivity contribution is -0.140. The van der Waals surface area contributed by atoms with Gasteiger partial charge in [0.15, 0.2) is 0 Å². The van der Waals surface area contributed by atoms with Gasteiger partial charge in [-0.2, -0.15) is 0 Å². The van der Waals surface area contributed by atoms with Crippen molar-refractivity contribution in [3.63, 3.8) is 0 Å². The molecule has 1 amide bonds. The number of carbonyl (C=O) groups is 2. The number of ether oxygens (including phenoxy) is 2. The summed E-state index contributed by atoms with van der Waals surface area (Å²) in [6, 6.07) is 11.4. The molecule has 2 heterocycles. The number of methoxy groups -OCH3 is 1. The number of benzene rings is 2. The van der Waals surface area contributed by atoms with Gasteiger partial charge in [-0.15, -0.1) is 0 Å². The Hall–Kier alpha value is -3.19. The zero-order chi connectivity index (χ0) is 21.3. The van der Waals surface area contributed by atoms with Gasteiger partial charge in [-0.05, 0) is 54.8 Å². The monoisotopic (exact) mass is 411 g/mol. The molecule has 0 saturated carbocycles. The second-order valence-electron chi connectivity index (χ2n) is 7.37. The molecule has 0 spiro atoms. The lowest BCUT2D eigenvalue weighted by Crippen LogP contribution is -2.36. The van der Waals surface area contributed by atoms with Gasteiger partial charge >= 0.3 is 0 Å². The van der Waals surface area contributed by atoms with E-state index in [1.165, 1.54) is 29.2 Å². The lowest BCUT2D eigenvalue weighted by atomic mass is 9.95. The maximum atomic E-state index is 13.3. The molecule has 0 aliphatic carbocycles. The van der Waals surface area contributed by atoms with E-state index in [2.05, 4.69) is 0 Å². The van der Waals surface area contributed by atoms with Gasteiger partial charge in [0.25, 0.3) is 11.7 Å². The number of aliphatic hydroxyl groups is 1. The Labute approximate surface area is 173 Å². The van der Waals surface area contributed by atoms with E-state index in [9.17, 15) is 19.1 Å². The Morgan fingerprint density at radius 1 is 1.17 bits per heavy atom. The highest BCUT2D eigenvalue weighted by Crippen LogP contribution is 2.40. The van der Waals surface area contributed by atoms with Gasteiger partial charge in [0.2, 0.25) is 0 Å². The lowest BCUT2D eigenvalue weighted by Gasteiger charge is -2.27. The van der Waals surface area contributed by atoms with Crippen molar-refractivity contribution < 1.29 is 28.6 Å². The summed E-state index contributed by atoms with van der Waals surface area (Å²) >= 11 is 0. The number of hydrogen-bond donors (Lipinski definition) is 1. The second kappa shape index (κ2) is 8.28. The molecule has 0 aromatic heterocycles. The van der Waals surface area contributed by atoms with Gasteiger partial charge in [0.05, 0.1) is 24.8 Å². The molecule has 7 heteroatoms. The van der Waals surface area contributed by atoms with Crippen molar-refractivity contribution >= 4 is 17.4 Å². The first kappa shape index (κ1) is 20.1. The van der Waals surface area contributed by atoms with Crippen LogP contribution in [0.5, 0.6) is 5.75 Å². The molecule has 4 rings (SSSR count). The number of halogens is 1. The van der Waals surface area contributed by atoms with Gasteiger partial charge in [-0.3, -0.25) is 9.59 Å². The van der Waals surface area contributed by atoms with Crippen LogP contribution in [-0.4, -0.2) is 48.1 Å². The maximum Gasteiger partial charge on any atom is 0.295 e. The minimum Gasteiger partial charge on any atom is -0.507 e. The number of ketones is 1. The third-order valence-corrected chi connectivity index (χ3v) is 5.51. The number of amides is 1. The number of rotatable bonds is 5. The van der Waals surface area contributed by atoms with E-state index < -0.39 is 23.5 Å². The Bertz CT molecular complexity index is 978. The summed E-state index contributed by atoms with van der Waals surface area (Å²) < 4.78 is 24.2. The molecule has 2 aromatic carbocycles. The van der Waals surface area contributed by atoms with Gasteiger partial charge in [-0.1, -0.05) is 12.1 Å². The van der Waals surface area contributed by atoms with E-state index in [0.29, 0.717) is 17.9 Å². The molecule has 30 heavy (non-hydrogen) atoms. The van der Waals surface area contributed by atoms with Crippen LogP contribution < -0.4 is 4.74 Å². The molecule has 0 radical (unpaired) electrons. The molecule has 0 bridgehead atoms. The summed E-state index contributed by atoms with van der Waals surface area (Å²) in [4.78, 5) is 27.3. The number of hydrogen-bond acceptors (Lipinski definition) is 5. The summed E-state index contributed by atoms with van der Waals surface area (Å²) in [5, 5.41) is 10.9. The number of Topliss-reactive ketones (excluding diaryl/α,β-unsaturated/α-hetero) is 1. The van der Waals surface area contributed by atoms with Crippen LogP contribution in [0.4, 0.5) is 4.39 Å². The first-order chi connectivity index (χ1) is 14.5. The maximum absolute atomic E-state index is 13.3. The molecule has 1 N–H and O–H groups in total. The fourth-order valence-corrected chi connectivity index (χ4v) is 3.97. The first-order valence-electron chi connectivity index (χ1n) is 9.79. The molecule has 6 nitrogen and oxygen atoms in total. The van der Waals surface area contributed by atoms with Gasteiger partial charge in [0.1, 0.15) is 17.3 Å². The fourth-order valence-electron chi connectivity index (χ4n) is 3.97. The normalized spacial score (nSPS) is 23.2. The zero-order valence-electron chi connectivity index (χ0n) is 16.5. The van der Waals surface area contributed by atoms with Crippen molar-refractivity contribution in [2.45, 2.75) is 25.0 Å². The van der Waals surface area contributed by atoms with Crippen LogP contribution >= 0.6 is 0 Å². The average Bonchev–Trinajstić information content (AvgIpc) is 3.36. The molecule has 2 aliphatic rings. The fraction of sp³-hybridized carbons (Fsp3) is 0.304. The molecular weight excluding hydrogens is 389 g/mol. The van der Waals surface area contributed by atoms with E-state index in [1.54, 1.807) is 31.4 Å². The molecule has 156 valence electrons. The first-order valence-corrected chi connectivity index (χ1v) is 9.79. The average molecular weight is 411 g/mol. The molecule has 2 fully saturated rings. The topological polar surface area (TPSA) is 76.1 Å². The standard InChI is InChI=1S/C23H22FNO5/c1-29-17-10-6-14(7-11-17)20-19(21(26)15-4-8-16(24)9-5-15)22(27)23(28)25(20)13-18-3-2-12-30-18/h4-11,18,20,26H,2-3,12-13H2,1H3/b21-19+. The third kappa shape index (κ3) is 3.68. The van der Waals surface area contributed by atoms with Gasteiger partial charge in [-0.25, -0.2) is 4.39 Å². The summed E-state index contributed by atoms with van der Waals surface area (Å²) in [7, 11) is 1.55. The molecule has 2 aliphatic heterocycles. The Balaban J connectivity index is 1.80. The highest BCUT2D eigenvalue weighted by molar-refractivity contribution is 6.46. The van der Waals surface area contributed by atoms with Crippen molar-refractivity contribution in [2.75, 3.05) is 20.3 Å². The third-order valence-electron chi connectivity index (χ3n) is 5.51. The molecule has 2 atom stereocenters. The highest BCUT2D eigenvalue weighted by Gasteiger charge is 2.47. The minimum absolute atomic E-state index is 0.0187. The van der Waals surface area contributed by atoms with Crippen molar-refractivity contribution in [1.29, 1.82) is 0 Å². The van der Waals surface area contributed by atoms with Crippen molar-refractivity contribution in [1.82, 2.24) is 4.90 Å². The van der Waals surface area contributed by atoms with Crippen LogP contribution in [0.2, 0.25) is 0 Å². The highest BCUT2D eigenvalue weighted by atomic mass is 19.1. The Kier molecular flexibility index (Phi) is 5.55. The van der Waals surface area contributed by atoms with Gasteiger partial charge < -0.3 is 19.5 Å². The van der Waals surface area contributed by atoms with Crippen molar-refractivity contribution in [3.8, 4) is 5.75 Å². The summed E-state index contributed by atoms with van der Waals surface area (Å²) in [5.41, 5.74) is 0.913. The quantitative estimate of drug-likeness (QED) is 0.463. The molecular formula is C23H22FNO5. The van der Waals surface area contributed by atoms with Crippen molar-refractivity contribution in [2.24, 2.45) is 0 Å². The van der Waals surface area contributed by atoms with E-state index in [4.69, 9.17) is 9.47 Å². The number of carbonyl (C=O) groups excluding carboxylic acids is 2. The number of aliphatic hydroxyl groups excluding tert-OH is 1. The molecule has 2 aromatic rings. The Morgan fingerprint density at radius 2 is 1.87 bits per heavy atom. The minimum atomic E-state index is -0.773. The summed E-state index contributed by atoms with van der Waals surface area (Å²) in [6.07, 6.45) is 1.54. The second-order valence-corrected chi connectivity index (χ2v) is 7.37. The largest absolute Gasteiger partial charge is 0.507 e.